The molecule has 68 valence electrons. The molecular formula is C11H11FO. The van der Waals surface area contributed by atoms with Crippen LogP contribution in [0.4, 0.5) is 4.39 Å². The fourth-order valence-corrected chi connectivity index (χ4v) is 1.53. The van der Waals surface area contributed by atoms with Gasteiger partial charge in [-0.2, -0.15) is 0 Å². The maximum absolute atomic E-state index is 13.6. The highest BCUT2D eigenvalue weighted by Crippen LogP contribution is 2.41. The summed E-state index contributed by atoms with van der Waals surface area (Å²) in [6, 6.07) is 5.08. The Morgan fingerprint density at radius 2 is 2.15 bits per heavy atom. The molecular weight excluding hydrogens is 167 g/mol. The Morgan fingerprint density at radius 1 is 1.46 bits per heavy atom. The summed E-state index contributed by atoms with van der Waals surface area (Å²) >= 11 is 0. The monoisotopic (exact) mass is 178 g/mol. The first-order valence-corrected chi connectivity index (χ1v) is 4.49. The third kappa shape index (κ3) is 1.48. The summed E-state index contributed by atoms with van der Waals surface area (Å²) in [4.78, 5) is 11.0. The number of ketones is 1. The van der Waals surface area contributed by atoms with Crippen LogP contribution in [0.1, 0.15) is 41.6 Å². The molecule has 0 atom stereocenters. The van der Waals surface area contributed by atoms with Crippen LogP contribution in [0, 0.1) is 5.82 Å². The van der Waals surface area contributed by atoms with Gasteiger partial charge < -0.3 is 0 Å². The van der Waals surface area contributed by atoms with Gasteiger partial charge in [-0.25, -0.2) is 4.39 Å². The molecule has 0 aliphatic heterocycles. The Balaban J connectivity index is 2.47. The molecule has 0 bridgehead atoms. The molecule has 0 aromatic heterocycles. The average molecular weight is 178 g/mol. The number of hydrogen-bond donors (Lipinski definition) is 0. The van der Waals surface area contributed by atoms with Crippen LogP contribution in [0.2, 0.25) is 0 Å². The zero-order chi connectivity index (χ0) is 9.42. The van der Waals surface area contributed by atoms with Gasteiger partial charge in [-0.1, -0.05) is 12.1 Å². The summed E-state index contributed by atoms with van der Waals surface area (Å²) < 4.78 is 13.6. The Kier molecular flexibility index (Phi) is 1.91. The molecule has 2 heteroatoms. The normalized spacial score (nSPS) is 15.8. The van der Waals surface area contributed by atoms with Crippen LogP contribution in [-0.4, -0.2) is 5.78 Å². The number of carbonyl (C=O) groups is 1. The van der Waals surface area contributed by atoms with Gasteiger partial charge >= 0.3 is 0 Å². The lowest BCUT2D eigenvalue weighted by Crippen LogP contribution is -2.00. The molecule has 0 unspecified atom stereocenters. The largest absolute Gasteiger partial charge is 0.294 e. The summed E-state index contributed by atoms with van der Waals surface area (Å²) in [5.74, 6) is -0.142. The molecule has 0 heterocycles. The second-order valence-corrected chi connectivity index (χ2v) is 3.54. The van der Waals surface area contributed by atoms with Gasteiger partial charge in [0.25, 0.3) is 0 Å². The van der Waals surface area contributed by atoms with Gasteiger partial charge in [0.15, 0.2) is 5.78 Å². The van der Waals surface area contributed by atoms with Crippen LogP contribution < -0.4 is 0 Å². The predicted molar refractivity (Wildman–Crippen MR) is 48.4 cm³/mol. The SMILES string of the molecule is CC(=O)c1cccc(C2CC2)c1F. The Morgan fingerprint density at radius 3 is 2.69 bits per heavy atom. The van der Waals surface area contributed by atoms with Crippen LogP contribution in [0.25, 0.3) is 0 Å². The Labute approximate surface area is 76.6 Å². The number of carbonyl (C=O) groups excluding carboxylic acids is 1. The van der Waals surface area contributed by atoms with E-state index in [4.69, 9.17) is 0 Å². The van der Waals surface area contributed by atoms with E-state index in [0.717, 1.165) is 12.8 Å². The molecule has 0 N–H and O–H groups in total. The van der Waals surface area contributed by atoms with Crippen LogP contribution in [0.15, 0.2) is 18.2 Å². The lowest BCUT2D eigenvalue weighted by atomic mass is 10.0. The first kappa shape index (κ1) is 8.42. The van der Waals surface area contributed by atoms with Crippen molar-refractivity contribution >= 4 is 5.78 Å². The van der Waals surface area contributed by atoms with Crippen LogP contribution in [0.5, 0.6) is 0 Å². The molecule has 1 aromatic rings. The number of hydrogen-bond acceptors (Lipinski definition) is 1. The molecule has 1 nitrogen and oxygen atoms in total. The van der Waals surface area contributed by atoms with E-state index in [9.17, 15) is 9.18 Å². The zero-order valence-corrected chi connectivity index (χ0v) is 7.51. The number of halogens is 1. The quantitative estimate of drug-likeness (QED) is 0.636. The van der Waals surface area contributed by atoms with Crippen molar-refractivity contribution < 1.29 is 9.18 Å². The first-order chi connectivity index (χ1) is 6.20. The van der Waals surface area contributed by atoms with Crippen molar-refractivity contribution in [2.24, 2.45) is 0 Å². The summed E-state index contributed by atoms with van der Waals surface area (Å²) in [5, 5.41) is 0. The standard InChI is InChI=1S/C11H11FO/c1-7(13)9-3-2-4-10(11(9)12)8-5-6-8/h2-4,8H,5-6H2,1H3. The first-order valence-electron chi connectivity index (χ1n) is 4.49. The minimum Gasteiger partial charge on any atom is -0.294 e. The van der Waals surface area contributed by atoms with Crippen LogP contribution >= 0.6 is 0 Å². The molecule has 2 rings (SSSR count). The predicted octanol–water partition coefficient (Wildman–Crippen LogP) is 2.91. The van der Waals surface area contributed by atoms with Crippen molar-refractivity contribution in [2.45, 2.75) is 25.7 Å². The van der Waals surface area contributed by atoms with Gasteiger partial charge in [0.05, 0.1) is 5.56 Å². The highest BCUT2D eigenvalue weighted by atomic mass is 19.1. The van der Waals surface area contributed by atoms with E-state index in [1.165, 1.54) is 6.92 Å². The van der Waals surface area contributed by atoms with Crippen molar-refractivity contribution in [3.8, 4) is 0 Å². The second kappa shape index (κ2) is 2.95. The molecule has 0 spiro atoms. The van der Waals surface area contributed by atoms with Crippen LogP contribution in [-0.2, 0) is 0 Å². The van der Waals surface area contributed by atoms with Crippen molar-refractivity contribution in [1.82, 2.24) is 0 Å². The van der Waals surface area contributed by atoms with E-state index >= 15 is 0 Å². The minimum atomic E-state index is -0.308. The maximum atomic E-state index is 13.6. The highest BCUT2D eigenvalue weighted by Gasteiger charge is 2.27. The Hall–Kier alpha value is -1.18. The summed E-state index contributed by atoms with van der Waals surface area (Å²) in [7, 11) is 0. The van der Waals surface area contributed by atoms with Crippen molar-refractivity contribution in [1.29, 1.82) is 0 Å². The summed E-state index contributed by atoms with van der Waals surface area (Å²) in [6.45, 7) is 1.40. The average Bonchev–Trinajstić information content (AvgIpc) is 2.87. The maximum Gasteiger partial charge on any atom is 0.162 e. The fraction of sp³-hybridized carbons (Fsp3) is 0.364. The Bertz CT molecular complexity index is 353. The van der Waals surface area contributed by atoms with Gasteiger partial charge in [-0.05, 0) is 37.3 Å². The van der Waals surface area contributed by atoms with E-state index in [1.54, 1.807) is 18.2 Å². The van der Waals surface area contributed by atoms with E-state index in [0.29, 0.717) is 11.5 Å². The smallest absolute Gasteiger partial charge is 0.162 e. The number of benzene rings is 1. The van der Waals surface area contributed by atoms with Gasteiger partial charge in [0.1, 0.15) is 5.82 Å². The highest BCUT2D eigenvalue weighted by molar-refractivity contribution is 5.94. The topological polar surface area (TPSA) is 17.1 Å². The zero-order valence-electron chi connectivity index (χ0n) is 7.51. The van der Waals surface area contributed by atoms with E-state index in [-0.39, 0.29) is 17.2 Å². The van der Waals surface area contributed by atoms with E-state index in [1.807, 2.05) is 0 Å². The number of Topliss-reactive ketones (excluding diaryl/α,β-unsaturated/α-hetero) is 1. The van der Waals surface area contributed by atoms with E-state index in [2.05, 4.69) is 0 Å². The lowest BCUT2D eigenvalue weighted by molar-refractivity contribution is 0.101. The number of rotatable bonds is 2. The molecule has 0 radical (unpaired) electrons. The molecule has 0 amide bonds. The second-order valence-electron chi connectivity index (χ2n) is 3.54. The van der Waals surface area contributed by atoms with Gasteiger partial charge in [0, 0.05) is 0 Å². The van der Waals surface area contributed by atoms with Crippen molar-refractivity contribution in [2.75, 3.05) is 0 Å². The molecule has 1 aromatic carbocycles. The molecule has 1 fully saturated rings. The minimum absolute atomic E-state index is 0.194. The van der Waals surface area contributed by atoms with Crippen molar-refractivity contribution in [3.05, 3.63) is 35.1 Å². The van der Waals surface area contributed by atoms with Crippen molar-refractivity contribution in [3.63, 3.8) is 0 Å². The van der Waals surface area contributed by atoms with E-state index < -0.39 is 0 Å². The van der Waals surface area contributed by atoms with Gasteiger partial charge in [-0.15, -0.1) is 0 Å². The van der Waals surface area contributed by atoms with Gasteiger partial charge in [-0.3, -0.25) is 4.79 Å². The third-order valence-electron chi connectivity index (χ3n) is 2.43. The molecule has 1 aliphatic rings. The third-order valence-corrected chi connectivity index (χ3v) is 2.43. The fourth-order valence-electron chi connectivity index (χ4n) is 1.53. The molecule has 13 heavy (non-hydrogen) atoms. The molecule has 0 saturated heterocycles. The lowest BCUT2D eigenvalue weighted by Gasteiger charge is -2.03. The van der Waals surface area contributed by atoms with Gasteiger partial charge in [0.2, 0.25) is 0 Å². The summed E-state index contributed by atoms with van der Waals surface area (Å²) in [6.07, 6.45) is 2.11. The van der Waals surface area contributed by atoms with Crippen LogP contribution in [0.3, 0.4) is 0 Å². The molecule has 1 aliphatic carbocycles. The summed E-state index contributed by atoms with van der Waals surface area (Å²) in [5.41, 5.74) is 0.942. The molecule has 1 saturated carbocycles.